The van der Waals surface area contributed by atoms with E-state index in [4.69, 9.17) is 0 Å². The summed E-state index contributed by atoms with van der Waals surface area (Å²) >= 11 is 2.90. The van der Waals surface area contributed by atoms with E-state index in [1.807, 2.05) is 6.07 Å². The molecule has 0 bridgehead atoms. The van der Waals surface area contributed by atoms with E-state index < -0.39 is 34.4 Å². The fourth-order valence-electron chi connectivity index (χ4n) is 1.44. The lowest BCUT2D eigenvalue weighted by molar-refractivity contribution is 0.575. The van der Waals surface area contributed by atoms with Gasteiger partial charge < -0.3 is 0 Å². The number of benzene rings is 2. The van der Waals surface area contributed by atoms with Crippen LogP contribution in [0.5, 0.6) is 0 Å². The van der Waals surface area contributed by atoms with E-state index in [2.05, 4.69) is 15.9 Å². The summed E-state index contributed by atoms with van der Waals surface area (Å²) in [5.41, 5.74) is -1.07. The van der Waals surface area contributed by atoms with Crippen LogP contribution in [0, 0.1) is 29.3 Å². The zero-order valence-corrected chi connectivity index (χ0v) is 9.79. The summed E-state index contributed by atoms with van der Waals surface area (Å²) in [6, 6.07) is 5.32. The second-order valence-corrected chi connectivity index (χ2v) is 4.20. The topological polar surface area (TPSA) is 0 Å². The first-order valence-corrected chi connectivity index (χ1v) is 5.30. The molecular weight excluding hydrogens is 300 g/mol. The van der Waals surface area contributed by atoms with Crippen LogP contribution in [0.25, 0.3) is 11.1 Å². The molecular formula is C12H4BrF4. The van der Waals surface area contributed by atoms with Crippen molar-refractivity contribution >= 4 is 15.9 Å². The van der Waals surface area contributed by atoms with Crippen molar-refractivity contribution in [2.24, 2.45) is 0 Å². The van der Waals surface area contributed by atoms with Gasteiger partial charge in [-0.15, -0.1) is 0 Å². The van der Waals surface area contributed by atoms with Crippen molar-refractivity contribution in [2.75, 3.05) is 0 Å². The van der Waals surface area contributed by atoms with Crippen molar-refractivity contribution in [2.45, 2.75) is 0 Å². The maximum absolute atomic E-state index is 13.5. The minimum Gasteiger partial charge on any atom is -0.206 e. The molecule has 0 aromatic heterocycles. The largest absolute Gasteiger partial charge is 0.206 e. The van der Waals surface area contributed by atoms with E-state index in [9.17, 15) is 17.6 Å². The second-order valence-electron chi connectivity index (χ2n) is 3.29. The van der Waals surface area contributed by atoms with Gasteiger partial charge in [-0.1, -0.05) is 15.9 Å². The molecule has 0 saturated carbocycles. The molecule has 0 nitrogen and oxygen atoms in total. The van der Waals surface area contributed by atoms with Crippen LogP contribution < -0.4 is 0 Å². The molecule has 2 aromatic rings. The lowest BCUT2D eigenvalue weighted by atomic mass is 10.0. The third-order valence-corrected chi connectivity index (χ3v) is 2.60. The van der Waals surface area contributed by atoms with Gasteiger partial charge in [0.1, 0.15) is 23.3 Å². The summed E-state index contributed by atoms with van der Waals surface area (Å²) in [4.78, 5) is 0. The van der Waals surface area contributed by atoms with E-state index in [1.54, 1.807) is 0 Å². The monoisotopic (exact) mass is 303 g/mol. The van der Waals surface area contributed by atoms with Gasteiger partial charge in [-0.25, -0.2) is 17.6 Å². The molecule has 5 heteroatoms. The van der Waals surface area contributed by atoms with Gasteiger partial charge in [-0.2, -0.15) is 0 Å². The zero-order valence-electron chi connectivity index (χ0n) is 8.20. The Morgan fingerprint density at radius 3 is 2.06 bits per heavy atom. The fraction of sp³-hybridized carbons (Fsp3) is 0. The number of hydrogen-bond donors (Lipinski definition) is 0. The van der Waals surface area contributed by atoms with Crippen LogP contribution in [0.15, 0.2) is 28.7 Å². The molecule has 0 aliphatic carbocycles. The standard InChI is InChI=1S/C12H4BrF4/c13-6-3-10(16)12(11(17)4-6)8-5-7(14)1-2-9(8)15/h2-5H. The summed E-state index contributed by atoms with van der Waals surface area (Å²) in [6.07, 6.45) is 0. The lowest BCUT2D eigenvalue weighted by Crippen LogP contribution is -1.94. The lowest BCUT2D eigenvalue weighted by Gasteiger charge is -2.07. The molecule has 17 heavy (non-hydrogen) atoms. The van der Waals surface area contributed by atoms with Gasteiger partial charge in [0.25, 0.3) is 0 Å². The first-order valence-electron chi connectivity index (χ1n) is 4.50. The van der Waals surface area contributed by atoms with Crippen molar-refractivity contribution < 1.29 is 17.6 Å². The van der Waals surface area contributed by atoms with Crippen molar-refractivity contribution in [3.05, 3.63) is 58.1 Å². The highest BCUT2D eigenvalue weighted by atomic mass is 79.9. The van der Waals surface area contributed by atoms with Crippen LogP contribution in [-0.4, -0.2) is 0 Å². The van der Waals surface area contributed by atoms with Crippen molar-refractivity contribution in [1.82, 2.24) is 0 Å². The quantitative estimate of drug-likeness (QED) is 0.682. The predicted octanol–water partition coefficient (Wildman–Crippen LogP) is 4.47. The number of rotatable bonds is 1. The van der Waals surface area contributed by atoms with Crippen LogP contribution in [0.1, 0.15) is 0 Å². The first kappa shape index (κ1) is 12.1. The molecule has 1 radical (unpaired) electrons. The van der Waals surface area contributed by atoms with Crippen LogP contribution in [-0.2, 0) is 0 Å². The first-order chi connectivity index (χ1) is 7.99. The van der Waals surface area contributed by atoms with Gasteiger partial charge in [0.15, 0.2) is 0 Å². The summed E-state index contributed by atoms with van der Waals surface area (Å²) in [6.45, 7) is 0. The molecule has 0 fully saturated rings. The average molecular weight is 304 g/mol. The Balaban J connectivity index is 2.72. The molecule has 0 spiro atoms. The van der Waals surface area contributed by atoms with E-state index >= 15 is 0 Å². The SMILES string of the molecule is Fc1[c]cc(F)c(-c2c(F)cc(Br)cc2F)c1. The van der Waals surface area contributed by atoms with Crippen LogP contribution >= 0.6 is 15.9 Å². The molecule has 87 valence electrons. The molecule has 0 aliphatic heterocycles. The minimum absolute atomic E-state index is 0.180. The Bertz CT molecular complexity index is 558. The Hall–Kier alpha value is -1.36. The summed E-state index contributed by atoms with van der Waals surface area (Å²) in [5, 5.41) is 0. The highest BCUT2D eigenvalue weighted by Crippen LogP contribution is 2.31. The molecule has 0 saturated heterocycles. The Morgan fingerprint density at radius 1 is 0.882 bits per heavy atom. The van der Waals surface area contributed by atoms with Crippen LogP contribution in [0.4, 0.5) is 17.6 Å². The normalized spacial score (nSPS) is 10.6. The van der Waals surface area contributed by atoms with Crippen molar-refractivity contribution in [3.8, 4) is 11.1 Å². The van der Waals surface area contributed by atoms with Crippen LogP contribution in [0.2, 0.25) is 0 Å². The van der Waals surface area contributed by atoms with Gasteiger partial charge >= 0.3 is 0 Å². The number of hydrogen-bond acceptors (Lipinski definition) is 0. The van der Waals surface area contributed by atoms with Gasteiger partial charge in [0.05, 0.1) is 5.56 Å². The van der Waals surface area contributed by atoms with Crippen molar-refractivity contribution in [3.63, 3.8) is 0 Å². The summed E-state index contributed by atoms with van der Waals surface area (Å²) in [7, 11) is 0. The van der Waals surface area contributed by atoms with Gasteiger partial charge in [0, 0.05) is 16.1 Å². The summed E-state index contributed by atoms with van der Waals surface area (Å²) in [5.74, 6) is -3.77. The molecule has 0 amide bonds. The third-order valence-electron chi connectivity index (χ3n) is 2.14. The van der Waals surface area contributed by atoms with E-state index in [0.717, 1.165) is 12.1 Å². The molecule has 0 aliphatic rings. The maximum Gasteiger partial charge on any atom is 0.135 e. The Labute approximate surface area is 103 Å². The fourth-order valence-corrected chi connectivity index (χ4v) is 1.84. The maximum atomic E-state index is 13.5. The van der Waals surface area contributed by atoms with E-state index in [-0.39, 0.29) is 4.47 Å². The third kappa shape index (κ3) is 2.34. The summed E-state index contributed by atoms with van der Waals surface area (Å²) < 4.78 is 53.5. The van der Waals surface area contributed by atoms with Crippen molar-refractivity contribution in [1.29, 1.82) is 0 Å². The molecule has 0 N–H and O–H groups in total. The zero-order chi connectivity index (χ0) is 12.6. The second kappa shape index (κ2) is 4.49. The highest BCUT2D eigenvalue weighted by molar-refractivity contribution is 9.10. The van der Waals surface area contributed by atoms with Gasteiger partial charge in [-0.3, -0.25) is 0 Å². The Kier molecular flexibility index (Phi) is 3.19. The highest BCUT2D eigenvalue weighted by Gasteiger charge is 2.17. The molecule has 0 atom stereocenters. The predicted molar refractivity (Wildman–Crippen MR) is 58.2 cm³/mol. The molecule has 2 rings (SSSR count). The van der Waals surface area contributed by atoms with Gasteiger partial charge in [-0.05, 0) is 24.3 Å². The molecule has 0 unspecified atom stereocenters. The minimum atomic E-state index is -0.971. The number of halogens is 5. The average Bonchev–Trinajstić information content (AvgIpc) is 2.21. The molecule has 2 aromatic carbocycles. The smallest absolute Gasteiger partial charge is 0.135 e. The van der Waals surface area contributed by atoms with Crippen LogP contribution in [0.3, 0.4) is 0 Å². The molecule has 0 heterocycles. The van der Waals surface area contributed by atoms with Gasteiger partial charge in [0.2, 0.25) is 0 Å². The van der Waals surface area contributed by atoms with E-state index in [1.165, 1.54) is 0 Å². The Morgan fingerprint density at radius 2 is 1.47 bits per heavy atom. The van der Waals surface area contributed by atoms with E-state index in [0.29, 0.717) is 12.1 Å².